The van der Waals surface area contributed by atoms with E-state index in [-0.39, 0.29) is 6.04 Å². The van der Waals surface area contributed by atoms with Gasteiger partial charge in [0.25, 0.3) is 0 Å². The molecule has 1 fully saturated rings. The first-order chi connectivity index (χ1) is 6.13. The van der Waals surface area contributed by atoms with E-state index < -0.39 is 11.4 Å². The largest absolute Gasteiger partial charge is 0.481 e. The van der Waals surface area contributed by atoms with E-state index in [1.54, 1.807) is 0 Å². The van der Waals surface area contributed by atoms with Crippen LogP contribution in [0.15, 0.2) is 0 Å². The zero-order valence-corrected chi connectivity index (χ0v) is 8.25. The first-order valence-corrected chi connectivity index (χ1v) is 5.12. The summed E-state index contributed by atoms with van der Waals surface area (Å²) in [7, 11) is 0. The Morgan fingerprint density at radius 3 is 2.77 bits per heavy atom. The summed E-state index contributed by atoms with van der Waals surface area (Å²) in [5.41, 5.74) is 5.27. The number of hydrogen-bond acceptors (Lipinski definition) is 2. The molecule has 0 spiro atoms. The minimum atomic E-state index is -0.689. The Morgan fingerprint density at radius 2 is 2.38 bits per heavy atom. The number of aliphatic carboxylic acids is 1. The minimum Gasteiger partial charge on any atom is -0.481 e. The lowest BCUT2D eigenvalue weighted by molar-refractivity contribution is -0.150. The summed E-state index contributed by atoms with van der Waals surface area (Å²) < 4.78 is 0. The normalized spacial score (nSPS) is 33.5. The topological polar surface area (TPSA) is 63.3 Å². The smallest absolute Gasteiger partial charge is 0.311 e. The van der Waals surface area contributed by atoms with Crippen molar-refractivity contribution < 1.29 is 9.90 Å². The van der Waals surface area contributed by atoms with Crippen molar-refractivity contribution in [3.05, 3.63) is 0 Å². The number of carboxylic acid groups (broad SMARTS) is 1. The molecule has 0 aromatic rings. The molecule has 3 N–H and O–H groups in total. The number of carbonyl (C=O) groups is 1. The Bertz CT molecular complexity index is 193. The predicted molar refractivity (Wildman–Crippen MR) is 51.4 cm³/mol. The van der Waals surface area contributed by atoms with Crippen molar-refractivity contribution in [1.82, 2.24) is 0 Å². The molecule has 13 heavy (non-hydrogen) atoms. The van der Waals surface area contributed by atoms with Crippen LogP contribution in [0, 0.1) is 5.41 Å². The van der Waals surface area contributed by atoms with Crippen molar-refractivity contribution in [1.29, 1.82) is 0 Å². The van der Waals surface area contributed by atoms with Gasteiger partial charge in [0.2, 0.25) is 0 Å². The average molecular weight is 185 g/mol. The van der Waals surface area contributed by atoms with Crippen molar-refractivity contribution in [2.24, 2.45) is 11.1 Å². The standard InChI is InChI=1S/C10H19NO2/c1-2-3-6-10(9(12)13)7-4-5-8(10)11/h8H,2-7,11H2,1H3,(H,12,13)/t8-,10-/m1/s1. The third kappa shape index (κ3) is 1.85. The Balaban J connectivity index is 2.68. The second kappa shape index (κ2) is 4.09. The third-order valence-corrected chi connectivity index (χ3v) is 3.25. The molecule has 1 aliphatic rings. The van der Waals surface area contributed by atoms with Crippen LogP contribution >= 0.6 is 0 Å². The highest BCUT2D eigenvalue weighted by atomic mass is 16.4. The Labute approximate surface area is 79.3 Å². The van der Waals surface area contributed by atoms with E-state index in [1.165, 1.54) is 0 Å². The van der Waals surface area contributed by atoms with Crippen molar-refractivity contribution >= 4 is 5.97 Å². The fraction of sp³-hybridized carbons (Fsp3) is 0.900. The van der Waals surface area contributed by atoms with E-state index in [0.717, 1.165) is 38.5 Å². The molecule has 1 aliphatic carbocycles. The Hall–Kier alpha value is -0.570. The lowest BCUT2D eigenvalue weighted by Gasteiger charge is -2.28. The molecule has 2 atom stereocenters. The quantitative estimate of drug-likeness (QED) is 0.701. The SMILES string of the molecule is CCCC[C@@]1(C(=O)O)CCC[C@H]1N. The van der Waals surface area contributed by atoms with Crippen LogP contribution in [-0.2, 0) is 4.79 Å². The molecule has 1 rings (SSSR count). The number of carboxylic acids is 1. The van der Waals surface area contributed by atoms with E-state index in [2.05, 4.69) is 6.92 Å². The highest BCUT2D eigenvalue weighted by Crippen LogP contribution is 2.41. The molecule has 3 nitrogen and oxygen atoms in total. The maximum absolute atomic E-state index is 11.2. The van der Waals surface area contributed by atoms with E-state index >= 15 is 0 Å². The van der Waals surface area contributed by atoms with Gasteiger partial charge in [0.15, 0.2) is 0 Å². The average Bonchev–Trinajstić information content (AvgIpc) is 2.45. The second-order valence-electron chi connectivity index (χ2n) is 4.06. The molecule has 0 amide bonds. The summed E-state index contributed by atoms with van der Waals surface area (Å²) in [6.07, 6.45) is 5.37. The molecule has 0 bridgehead atoms. The molecular formula is C10H19NO2. The van der Waals surface area contributed by atoms with Gasteiger partial charge in [-0.1, -0.05) is 26.2 Å². The molecule has 1 saturated carbocycles. The Kier molecular flexibility index (Phi) is 3.31. The summed E-state index contributed by atoms with van der Waals surface area (Å²) in [5.74, 6) is -0.689. The van der Waals surface area contributed by atoms with Gasteiger partial charge in [-0.15, -0.1) is 0 Å². The van der Waals surface area contributed by atoms with Crippen LogP contribution in [0.1, 0.15) is 45.4 Å². The van der Waals surface area contributed by atoms with Gasteiger partial charge in [0.05, 0.1) is 5.41 Å². The van der Waals surface area contributed by atoms with E-state index in [0.29, 0.717) is 0 Å². The van der Waals surface area contributed by atoms with E-state index in [9.17, 15) is 9.90 Å². The summed E-state index contributed by atoms with van der Waals surface area (Å²) in [4.78, 5) is 11.2. The van der Waals surface area contributed by atoms with E-state index in [4.69, 9.17) is 5.73 Å². The molecule has 76 valence electrons. The van der Waals surface area contributed by atoms with Gasteiger partial charge in [-0.3, -0.25) is 4.79 Å². The lowest BCUT2D eigenvalue weighted by Crippen LogP contribution is -2.43. The molecule has 0 saturated heterocycles. The lowest BCUT2D eigenvalue weighted by atomic mass is 9.78. The van der Waals surface area contributed by atoms with Crippen LogP contribution < -0.4 is 5.73 Å². The van der Waals surface area contributed by atoms with Gasteiger partial charge in [-0.2, -0.15) is 0 Å². The zero-order chi connectivity index (χ0) is 9.90. The van der Waals surface area contributed by atoms with Gasteiger partial charge >= 0.3 is 5.97 Å². The van der Waals surface area contributed by atoms with Crippen LogP contribution in [-0.4, -0.2) is 17.1 Å². The predicted octanol–water partition coefficient (Wildman–Crippen LogP) is 1.76. The summed E-state index contributed by atoms with van der Waals surface area (Å²) in [6.45, 7) is 2.08. The van der Waals surface area contributed by atoms with Gasteiger partial charge in [-0.05, 0) is 19.3 Å². The zero-order valence-electron chi connectivity index (χ0n) is 8.25. The summed E-state index contributed by atoms with van der Waals surface area (Å²) in [5, 5.41) is 9.18. The molecule has 0 aromatic heterocycles. The molecule has 0 unspecified atom stereocenters. The van der Waals surface area contributed by atoms with Gasteiger partial charge < -0.3 is 10.8 Å². The number of unbranched alkanes of at least 4 members (excludes halogenated alkanes) is 1. The fourth-order valence-electron chi connectivity index (χ4n) is 2.27. The van der Waals surface area contributed by atoms with Crippen LogP contribution in [0.4, 0.5) is 0 Å². The van der Waals surface area contributed by atoms with Crippen LogP contribution in [0.3, 0.4) is 0 Å². The molecule has 3 heteroatoms. The first-order valence-electron chi connectivity index (χ1n) is 5.12. The highest BCUT2D eigenvalue weighted by Gasteiger charge is 2.46. The summed E-state index contributed by atoms with van der Waals surface area (Å²) >= 11 is 0. The van der Waals surface area contributed by atoms with Gasteiger partial charge in [-0.25, -0.2) is 0 Å². The second-order valence-corrected chi connectivity index (χ2v) is 4.06. The van der Waals surface area contributed by atoms with Crippen molar-refractivity contribution in [2.75, 3.05) is 0 Å². The number of nitrogens with two attached hydrogens (primary N) is 1. The van der Waals surface area contributed by atoms with Crippen molar-refractivity contribution in [2.45, 2.75) is 51.5 Å². The number of rotatable bonds is 4. The maximum Gasteiger partial charge on any atom is 0.311 e. The fourth-order valence-corrected chi connectivity index (χ4v) is 2.27. The van der Waals surface area contributed by atoms with Gasteiger partial charge in [0, 0.05) is 6.04 Å². The van der Waals surface area contributed by atoms with E-state index in [1.807, 2.05) is 0 Å². The summed E-state index contributed by atoms with van der Waals surface area (Å²) in [6, 6.07) is -0.128. The van der Waals surface area contributed by atoms with Crippen molar-refractivity contribution in [3.8, 4) is 0 Å². The number of hydrogen-bond donors (Lipinski definition) is 2. The monoisotopic (exact) mass is 185 g/mol. The first kappa shape index (κ1) is 10.5. The third-order valence-electron chi connectivity index (χ3n) is 3.25. The van der Waals surface area contributed by atoms with Crippen molar-refractivity contribution in [3.63, 3.8) is 0 Å². The highest BCUT2D eigenvalue weighted by molar-refractivity contribution is 5.76. The molecule has 0 radical (unpaired) electrons. The Morgan fingerprint density at radius 1 is 1.69 bits per heavy atom. The van der Waals surface area contributed by atoms with Gasteiger partial charge in [0.1, 0.15) is 0 Å². The van der Waals surface area contributed by atoms with Crippen LogP contribution in [0.2, 0.25) is 0 Å². The maximum atomic E-state index is 11.2. The molecule has 0 heterocycles. The molecule has 0 aliphatic heterocycles. The van der Waals surface area contributed by atoms with Crippen LogP contribution in [0.5, 0.6) is 0 Å². The molecular weight excluding hydrogens is 166 g/mol. The molecule has 0 aromatic carbocycles. The van der Waals surface area contributed by atoms with Crippen LogP contribution in [0.25, 0.3) is 0 Å². The minimum absolute atomic E-state index is 0.128.